The van der Waals surface area contributed by atoms with Gasteiger partial charge in [-0.3, -0.25) is 4.99 Å². The maximum Gasteiger partial charge on any atom is 0.191 e. The minimum absolute atomic E-state index is 0.0182. The monoisotopic (exact) mass is 355 g/mol. The van der Waals surface area contributed by atoms with E-state index in [0.717, 1.165) is 49.4 Å². The Balaban J connectivity index is 1.58. The molecule has 2 aromatic rings. The molecule has 0 atom stereocenters. The second-order valence-corrected chi connectivity index (χ2v) is 6.83. The minimum atomic E-state index is -0.186. The van der Waals surface area contributed by atoms with Gasteiger partial charge in [0.1, 0.15) is 11.6 Å². The van der Waals surface area contributed by atoms with Crippen LogP contribution in [0.3, 0.4) is 0 Å². The van der Waals surface area contributed by atoms with Gasteiger partial charge in [0, 0.05) is 18.5 Å². The van der Waals surface area contributed by atoms with Crippen molar-refractivity contribution in [3.8, 4) is 5.75 Å². The number of rotatable bonds is 7. The molecule has 138 valence electrons. The van der Waals surface area contributed by atoms with Crippen molar-refractivity contribution in [2.45, 2.75) is 31.6 Å². The first-order valence-corrected chi connectivity index (χ1v) is 9.17. The third kappa shape index (κ3) is 4.75. The van der Waals surface area contributed by atoms with E-state index in [2.05, 4.69) is 10.6 Å². The summed E-state index contributed by atoms with van der Waals surface area (Å²) in [4.78, 5) is 4.73. The van der Waals surface area contributed by atoms with Crippen molar-refractivity contribution >= 4 is 5.96 Å². The van der Waals surface area contributed by atoms with Gasteiger partial charge >= 0.3 is 0 Å². The molecule has 0 spiro atoms. The van der Waals surface area contributed by atoms with Crippen LogP contribution in [0.5, 0.6) is 5.75 Å². The van der Waals surface area contributed by atoms with Crippen LogP contribution in [0.25, 0.3) is 0 Å². The van der Waals surface area contributed by atoms with Crippen molar-refractivity contribution in [2.75, 3.05) is 19.6 Å². The molecule has 0 amide bonds. The van der Waals surface area contributed by atoms with Gasteiger partial charge in [0.25, 0.3) is 0 Å². The Morgan fingerprint density at radius 1 is 1.15 bits per heavy atom. The highest BCUT2D eigenvalue weighted by Gasteiger charge is 2.44. The maximum atomic E-state index is 13.5. The highest BCUT2D eigenvalue weighted by Crippen LogP contribution is 2.48. The van der Waals surface area contributed by atoms with Crippen LogP contribution in [0.2, 0.25) is 0 Å². The first-order valence-electron chi connectivity index (χ1n) is 9.17. The number of benzene rings is 2. The summed E-state index contributed by atoms with van der Waals surface area (Å²) in [6.45, 7) is 4.19. The Bertz CT molecular complexity index is 771. The molecule has 0 heterocycles. The summed E-state index contributed by atoms with van der Waals surface area (Å²) in [5, 5.41) is 16.1. The van der Waals surface area contributed by atoms with Crippen LogP contribution in [0.1, 0.15) is 30.9 Å². The molecule has 3 rings (SSSR count). The summed E-state index contributed by atoms with van der Waals surface area (Å²) in [5.74, 6) is 0.873. The van der Waals surface area contributed by atoms with Gasteiger partial charge in [0.2, 0.25) is 0 Å². The number of guanidine groups is 1. The van der Waals surface area contributed by atoms with Gasteiger partial charge in [-0.25, -0.2) is 4.39 Å². The van der Waals surface area contributed by atoms with Gasteiger partial charge in [-0.1, -0.05) is 24.3 Å². The molecule has 3 N–H and O–H groups in total. The number of halogens is 1. The average Bonchev–Trinajstić information content (AvgIpc) is 3.41. The normalized spacial score (nSPS) is 15.5. The number of phenols is 1. The predicted octanol–water partition coefficient (Wildman–Crippen LogP) is 3.36. The van der Waals surface area contributed by atoms with Crippen molar-refractivity contribution in [3.63, 3.8) is 0 Å². The lowest BCUT2D eigenvalue weighted by molar-refractivity contribution is 0.474. The quantitative estimate of drug-likeness (QED) is 0.527. The Hall–Kier alpha value is -2.56. The van der Waals surface area contributed by atoms with Crippen molar-refractivity contribution in [1.29, 1.82) is 0 Å². The summed E-state index contributed by atoms with van der Waals surface area (Å²) in [6.07, 6.45) is 2.89. The van der Waals surface area contributed by atoms with Crippen LogP contribution in [0.4, 0.5) is 4.39 Å². The second-order valence-electron chi connectivity index (χ2n) is 6.83. The van der Waals surface area contributed by atoms with Gasteiger partial charge < -0.3 is 15.7 Å². The second kappa shape index (κ2) is 8.21. The topological polar surface area (TPSA) is 56.7 Å². The van der Waals surface area contributed by atoms with E-state index in [1.54, 1.807) is 24.3 Å². The molecule has 4 nitrogen and oxygen atoms in total. The highest BCUT2D eigenvalue weighted by molar-refractivity contribution is 5.79. The fourth-order valence-electron chi connectivity index (χ4n) is 3.12. The SMILES string of the molecule is CCNC(=NCC1(c2cccc(F)c2)CC1)NCCc1cccc(O)c1. The van der Waals surface area contributed by atoms with Crippen LogP contribution in [0, 0.1) is 5.82 Å². The van der Waals surface area contributed by atoms with Crippen LogP contribution in [0.15, 0.2) is 53.5 Å². The predicted molar refractivity (Wildman–Crippen MR) is 103 cm³/mol. The van der Waals surface area contributed by atoms with Crippen LogP contribution < -0.4 is 10.6 Å². The fourth-order valence-corrected chi connectivity index (χ4v) is 3.12. The lowest BCUT2D eigenvalue weighted by Gasteiger charge is -2.16. The zero-order chi connectivity index (χ0) is 18.4. The van der Waals surface area contributed by atoms with Crippen molar-refractivity contribution in [1.82, 2.24) is 10.6 Å². The number of phenolic OH excluding ortho intramolecular Hbond substituents is 1. The smallest absolute Gasteiger partial charge is 0.191 e. The van der Waals surface area contributed by atoms with Crippen LogP contribution >= 0.6 is 0 Å². The molecule has 0 bridgehead atoms. The molecule has 1 saturated carbocycles. The van der Waals surface area contributed by atoms with Gasteiger partial charge in [-0.2, -0.15) is 0 Å². The molecule has 1 fully saturated rings. The Kier molecular flexibility index (Phi) is 5.76. The van der Waals surface area contributed by atoms with E-state index in [4.69, 9.17) is 4.99 Å². The summed E-state index contributed by atoms with van der Waals surface area (Å²) in [7, 11) is 0. The largest absolute Gasteiger partial charge is 0.508 e. The molecule has 26 heavy (non-hydrogen) atoms. The fraction of sp³-hybridized carbons (Fsp3) is 0.381. The molecule has 0 aliphatic heterocycles. The number of nitrogens with zero attached hydrogens (tertiary/aromatic N) is 1. The van der Waals surface area contributed by atoms with Crippen LogP contribution in [-0.2, 0) is 11.8 Å². The van der Waals surface area contributed by atoms with E-state index >= 15 is 0 Å². The third-order valence-corrected chi connectivity index (χ3v) is 4.79. The number of hydrogen-bond acceptors (Lipinski definition) is 2. The summed E-state index contributed by atoms with van der Waals surface area (Å²) in [6, 6.07) is 14.2. The third-order valence-electron chi connectivity index (χ3n) is 4.79. The molecular formula is C21H26FN3O. The molecule has 0 aromatic heterocycles. The van der Waals surface area contributed by atoms with Crippen LogP contribution in [-0.4, -0.2) is 30.7 Å². The number of hydrogen-bond donors (Lipinski definition) is 3. The molecule has 2 aromatic carbocycles. The standard InChI is InChI=1S/C21H26FN3O/c1-2-23-20(24-12-9-16-5-3-8-19(26)13-16)25-15-21(10-11-21)17-6-4-7-18(22)14-17/h3-8,13-14,26H,2,9-12,15H2,1H3,(H2,23,24,25). The summed E-state index contributed by atoms with van der Waals surface area (Å²) >= 11 is 0. The Morgan fingerprint density at radius 3 is 2.65 bits per heavy atom. The van der Waals surface area contributed by atoms with E-state index in [9.17, 15) is 9.50 Å². The number of aromatic hydroxyl groups is 1. The molecule has 1 aliphatic carbocycles. The summed E-state index contributed by atoms with van der Waals surface area (Å²) < 4.78 is 13.5. The maximum absolute atomic E-state index is 13.5. The van der Waals surface area contributed by atoms with E-state index in [1.807, 2.05) is 25.1 Å². The lowest BCUT2D eigenvalue weighted by atomic mass is 9.96. The Labute approximate surface area is 154 Å². The molecule has 1 aliphatic rings. The van der Waals surface area contributed by atoms with Gasteiger partial charge in [-0.15, -0.1) is 0 Å². The zero-order valence-corrected chi connectivity index (χ0v) is 15.1. The first kappa shape index (κ1) is 18.2. The van der Waals surface area contributed by atoms with Crippen molar-refractivity contribution < 1.29 is 9.50 Å². The van der Waals surface area contributed by atoms with Crippen molar-refractivity contribution in [3.05, 3.63) is 65.5 Å². The molecule has 5 heteroatoms. The Morgan fingerprint density at radius 2 is 1.96 bits per heavy atom. The number of nitrogens with one attached hydrogen (secondary N) is 2. The van der Waals surface area contributed by atoms with Gasteiger partial charge in [0.15, 0.2) is 5.96 Å². The van der Waals surface area contributed by atoms with E-state index < -0.39 is 0 Å². The van der Waals surface area contributed by atoms with Gasteiger partial charge in [-0.05, 0) is 61.6 Å². The minimum Gasteiger partial charge on any atom is -0.508 e. The lowest BCUT2D eigenvalue weighted by Crippen LogP contribution is -2.39. The molecule has 0 unspecified atom stereocenters. The number of aliphatic imine (C=N–C) groups is 1. The van der Waals surface area contributed by atoms with Crippen molar-refractivity contribution in [2.24, 2.45) is 4.99 Å². The van der Waals surface area contributed by atoms with E-state index in [-0.39, 0.29) is 17.0 Å². The zero-order valence-electron chi connectivity index (χ0n) is 15.1. The molecular weight excluding hydrogens is 329 g/mol. The molecule has 0 saturated heterocycles. The summed E-state index contributed by atoms with van der Waals surface area (Å²) in [5.41, 5.74) is 2.10. The average molecular weight is 355 g/mol. The first-order chi connectivity index (χ1) is 12.6. The highest BCUT2D eigenvalue weighted by atomic mass is 19.1. The van der Waals surface area contributed by atoms with E-state index in [0.29, 0.717) is 6.54 Å². The molecule has 0 radical (unpaired) electrons. The van der Waals surface area contributed by atoms with E-state index in [1.165, 1.54) is 6.07 Å². The van der Waals surface area contributed by atoms with Gasteiger partial charge in [0.05, 0.1) is 6.54 Å².